The van der Waals surface area contributed by atoms with E-state index in [1.807, 2.05) is 42.6 Å². The predicted octanol–water partition coefficient (Wildman–Crippen LogP) is 5.04. The van der Waals surface area contributed by atoms with E-state index < -0.39 is 0 Å². The summed E-state index contributed by atoms with van der Waals surface area (Å²) in [6, 6.07) is 11.9. The Labute approximate surface area is 163 Å². The van der Waals surface area contributed by atoms with Crippen molar-refractivity contribution < 1.29 is 4.74 Å². The standard InChI is InChI=1S/C20H23N5OS/c1-2-3-4-7-13-27-20-23-19-17(24-25-20)14-9-5-6-10-15(14)22-18(26-19)16-11-8-12-21-16/h5-6,8-12,18,21-22H,2-4,7,13H2,1H3/t18-/m0/s1. The molecule has 0 unspecified atom stereocenters. The van der Waals surface area contributed by atoms with Gasteiger partial charge in [0.25, 0.3) is 0 Å². The predicted molar refractivity (Wildman–Crippen MR) is 108 cm³/mol. The summed E-state index contributed by atoms with van der Waals surface area (Å²) < 4.78 is 6.20. The van der Waals surface area contributed by atoms with E-state index in [0.29, 0.717) is 16.7 Å². The number of benzene rings is 1. The van der Waals surface area contributed by atoms with Crippen LogP contribution in [0.25, 0.3) is 11.3 Å². The van der Waals surface area contributed by atoms with E-state index in [9.17, 15) is 0 Å². The first-order valence-corrected chi connectivity index (χ1v) is 10.4. The molecule has 3 aromatic rings. The van der Waals surface area contributed by atoms with Gasteiger partial charge in [0.1, 0.15) is 0 Å². The molecule has 1 atom stereocenters. The van der Waals surface area contributed by atoms with Crippen LogP contribution in [0.2, 0.25) is 0 Å². The highest BCUT2D eigenvalue weighted by Crippen LogP contribution is 2.39. The van der Waals surface area contributed by atoms with Crippen molar-refractivity contribution in [2.45, 2.75) is 44.0 Å². The molecule has 1 aliphatic rings. The van der Waals surface area contributed by atoms with E-state index in [0.717, 1.165) is 29.1 Å². The Morgan fingerprint density at radius 3 is 2.85 bits per heavy atom. The highest BCUT2D eigenvalue weighted by molar-refractivity contribution is 7.99. The van der Waals surface area contributed by atoms with Crippen molar-refractivity contribution in [1.29, 1.82) is 0 Å². The summed E-state index contributed by atoms with van der Waals surface area (Å²) in [5, 5.41) is 12.9. The van der Waals surface area contributed by atoms with E-state index in [4.69, 9.17) is 4.74 Å². The molecular formula is C20H23N5OS. The van der Waals surface area contributed by atoms with Crippen LogP contribution in [-0.2, 0) is 0 Å². The molecule has 0 fully saturated rings. The highest BCUT2D eigenvalue weighted by Gasteiger charge is 2.26. The van der Waals surface area contributed by atoms with Crippen molar-refractivity contribution in [3.05, 3.63) is 48.3 Å². The number of fused-ring (bicyclic) bond motifs is 3. The van der Waals surface area contributed by atoms with Gasteiger partial charge in [-0.3, -0.25) is 0 Å². The minimum absolute atomic E-state index is 0.360. The number of nitrogens with one attached hydrogen (secondary N) is 2. The number of aromatic nitrogens is 4. The van der Waals surface area contributed by atoms with Crippen LogP contribution in [0.15, 0.2) is 47.8 Å². The van der Waals surface area contributed by atoms with Gasteiger partial charge in [-0.2, -0.15) is 4.98 Å². The maximum absolute atomic E-state index is 6.20. The summed E-state index contributed by atoms with van der Waals surface area (Å²) >= 11 is 1.64. The number of ether oxygens (including phenoxy) is 1. The normalized spacial score (nSPS) is 15.2. The highest BCUT2D eigenvalue weighted by atomic mass is 32.2. The fourth-order valence-electron chi connectivity index (χ4n) is 3.05. The summed E-state index contributed by atoms with van der Waals surface area (Å²) in [7, 11) is 0. The minimum atomic E-state index is -0.360. The molecule has 0 saturated carbocycles. The Bertz CT molecular complexity index is 884. The molecule has 4 rings (SSSR count). The number of rotatable bonds is 7. The van der Waals surface area contributed by atoms with Gasteiger partial charge in [0, 0.05) is 23.2 Å². The Morgan fingerprint density at radius 2 is 2.00 bits per heavy atom. The Morgan fingerprint density at radius 1 is 1.07 bits per heavy atom. The number of H-pyrrole nitrogens is 1. The molecule has 2 N–H and O–H groups in total. The average Bonchev–Trinajstić information content (AvgIpc) is 3.18. The largest absolute Gasteiger partial charge is 0.446 e. The molecule has 0 amide bonds. The Balaban J connectivity index is 1.61. The van der Waals surface area contributed by atoms with E-state index in [1.165, 1.54) is 19.3 Å². The molecule has 0 aliphatic carbocycles. The lowest BCUT2D eigenvalue weighted by atomic mass is 10.1. The third-order valence-electron chi connectivity index (χ3n) is 4.47. The SMILES string of the molecule is CCCCCCSc1nnc2c(n1)O[C@@H](c1ccc[nH]1)Nc1ccccc1-2. The molecule has 0 saturated heterocycles. The van der Waals surface area contributed by atoms with Crippen molar-refractivity contribution in [2.75, 3.05) is 11.1 Å². The van der Waals surface area contributed by atoms with Gasteiger partial charge in [0.05, 0.1) is 5.69 Å². The van der Waals surface area contributed by atoms with Gasteiger partial charge < -0.3 is 15.0 Å². The van der Waals surface area contributed by atoms with Gasteiger partial charge in [0.2, 0.25) is 17.3 Å². The molecule has 0 spiro atoms. The first-order chi connectivity index (χ1) is 13.3. The maximum Gasteiger partial charge on any atom is 0.247 e. The van der Waals surface area contributed by atoms with E-state index in [-0.39, 0.29) is 6.23 Å². The van der Waals surface area contributed by atoms with E-state index in [1.54, 1.807) is 11.8 Å². The van der Waals surface area contributed by atoms with Crippen molar-refractivity contribution in [2.24, 2.45) is 0 Å². The van der Waals surface area contributed by atoms with Crippen LogP contribution in [0.3, 0.4) is 0 Å². The summed E-state index contributed by atoms with van der Waals surface area (Å²) in [6.07, 6.45) is 6.43. The summed E-state index contributed by atoms with van der Waals surface area (Å²) in [4.78, 5) is 7.87. The first kappa shape index (κ1) is 17.9. The number of para-hydroxylation sites is 1. The molecule has 6 nitrogen and oxygen atoms in total. The van der Waals surface area contributed by atoms with Crippen LogP contribution in [0.5, 0.6) is 5.88 Å². The molecule has 140 valence electrons. The summed E-state index contributed by atoms with van der Waals surface area (Å²) in [6.45, 7) is 2.22. The van der Waals surface area contributed by atoms with Crippen LogP contribution >= 0.6 is 11.8 Å². The van der Waals surface area contributed by atoms with Crippen LogP contribution in [-0.4, -0.2) is 25.9 Å². The number of anilines is 1. The van der Waals surface area contributed by atoms with E-state index in [2.05, 4.69) is 32.4 Å². The molecule has 1 aromatic carbocycles. The lowest BCUT2D eigenvalue weighted by Gasteiger charge is -2.17. The second-order valence-electron chi connectivity index (χ2n) is 6.47. The molecule has 3 heterocycles. The minimum Gasteiger partial charge on any atom is -0.446 e. The smallest absolute Gasteiger partial charge is 0.247 e. The van der Waals surface area contributed by atoms with Crippen LogP contribution in [0, 0.1) is 0 Å². The zero-order valence-electron chi connectivity index (χ0n) is 15.3. The van der Waals surface area contributed by atoms with Gasteiger partial charge in [-0.25, -0.2) is 0 Å². The molecule has 27 heavy (non-hydrogen) atoms. The van der Waals surface area contributed by atoms with Gasteiger partial charge in [-0.1, -0.05) is 56.1 Å². The van der Waals surface area contributed by atoms with Gasteiger partial charge in [-0.15, -0.1) is 10.2 Å². The number of nitrogens with zero attached hydrogens (tertiary/aromatic N) is 3. The van der Waals surface area contributed by atoms with Crippen molar-refractivity contribution in [3.63, 3.8) is 0 Å². The quantitative estimate of drug-likeness (QED) is 0.441. The first-order valence-electron chi connectivity index (χ1n) is 9.38. The molecule has 0 bridgehead atoms. The third-order valence-corrected chi connectivity index (χ3v) is 5.39. The van der Waals surface area contributed by atoms with Gasteiger partial charge in [0.15, 0.2) is 5.69 Å². The van der Waals surface area contributed by atoms with Crippen LogP contribution < -0.4 is 10.1 Å². The number of aromatic amines is 1. The monoisotopic (exact) mass is 381 g/mol. The second-order valence-corrected chi connectivity index (χ2v) is 7.53. The average molecular weight is 382 g/mol. The molecular weight excluding hydrogens is 358 g/mol. The number of unbranched alkanes of at least 4 members (excludes halogenated alkanes) is 3. The molecule has 1 aliphatic heterocycles. The summed E-state index contributed by atoms with van der Waals surface area (Å²) in [5.74, 6) is 1.51. The topological polar surface area (TPSA) is 75.7 Å². The van der Waals surface area contributed by atoms with Gasteiger partial charge >= 0.3 is 0 Å². The molecule has 7 heteroatoms. The zero-order valence-corrected chi connectivity index (χ0v) is 16.1. The van der Waals surface area contributed by atoms with Gasteiger partial charge in [-0.05, 0) is 24.6 Å². The van der Waals surface area contributed by atoms with Crippen molar-refractivity contribution in [1.82, 2.24) is 20.2 Å². The number of hydrogen-bond acceptors (Lipinski definition) is 6. The Kier molecular flexibility index (Phi) is 5.58. The maximum atomic E-state index is 6.20. The lowest BCUT2D eigenvalue weighted by Crippen LogP contribution is -2.17. The third kappa shape index (κ3) is 4.08. The lowest BCUT2D eigenvalue weighted by molar-refractivity contribution is 0.221. The number of hydrogen-bond donors (Lipinski definition) is 2. The molecule has 2 aromatic heterocycles. The van der Waals surface area contributed by atoms with Crippen molar-refractivity contribution in [3.8, 4) is 17.1 Å². The second kappa shape index (κ2) is 8.43. The van der Waals surface area contributed by atoms with Crippen molar-refractivity contribution >= 4 is 17.4 Å². The molecule has 0 radical (unpaired) electrons. The number of thioether (sulfide) groups is 1. The van der Waals surface area contributed by atoms with E-state index >= 15 is 0 Å². The Hall–Kier alpha value is -2.54. The van der Waals surface area contributed by atoms with Crippen LogP contribution in [0.4, 0.5) is 5.69 Å². The zero-order chi connectivity index (χ0) is 18.5. The fourth-order valence-corrected chi connectivity index (χ4v) is 3.83. The fraction of sp³-hybridized carbons (Fsp3) is 0.350. The van der Waals surface area contributed by atoms with Crippen LogP contribution in [0.1, 0.15) is 44.5 Å². The summed E-state index contributed by atoms with van der Waals surface area (Å²) in [5.41, 5.74) is 3.50.